The molecular weight excluding hydrogens is 124 g/mol. The summed E-state index contributed by atoms with van der Waals surface area (Å²) in [5.41, 5.74) is 0.322. The second-order valence-electron chi connectivity index (χ2n) is 3.72. The fourth-order valence-corrected chi connectivity index (χ4v) is 1.39. The van der Waals surface area contributed by atoms with E-state index in [9.17, 15) is 0 Å². The molecule has 2 N–H and O–H groups in total. The maximum Gasteiger partial charge on any atom is 0.0210 e. The number of rotatable bonds is 4. The molecule has 0 aliphatic carbocycles. The van der Waals surface area contributed by atoms with Gasteiger partial charge in [0.2, 0.25) is 0 Å². The highest BCUT2D eigenvalue weighted by Gasteiger charge is 2.28. The van der Waals surface area contributed by atoms with Gasteiger partial charge in [-0.15, -0.1) is 0 Å². The van der Waals surface area contributed by atoms with Crippen molar-refractivity contribution in [2.75, 3.05) is 13.1 Å². The van der Waals surface area contributed by atoms with Gasteiger partial charge in [-0.2, -0.15) is 0 Å². The molecule has 1 aliphatic rings. The lowest BCUT2D eigenvalue weighted by atomic mass is 9.98. The van der Waals surface area contributed by atoms with Crippen LogP contribution >= 0.6 is 0 Å². The maximum atomic E-state index is 3.45. The Bertz CT molecular complexity index is 106. The van der Waals surface area contributed by atoms with Crippen LogP contribution in [0.3, 0.4) is 0 Å². The Morgan fingerprint density at radius 2 is 2.20 bits per heavy atom. The van der Waals surface area contributed by atoms with Crippen molar-refractivity contribution in [2.24, 2.45) is 0 Å². The van der Waals surface area contributed by atoms with Crippen molar-refractivity contribution < 1.29 is 0 Å². The maximum absolute atomic E-state index is 3.45. The molecule has 10 heavy (non-hydrogen) atoms. The number of hydrogen-bond acceptors (Lipinski definition) is 2. The van der Waals surface area contributed by atoms with Crippen molar-refractivity contribution in [2.45, 2.75) is 38.8 Å². The van der Waals surface area contributed by atoms with Gasteiger partial charge in [0.05, 0.1) is 0 Å². The molecule has 0 saturated carbocycles. The fourth-order valence-electron chi connectivity index (χ4n) is 1.39. The summed E-state index contributed by atoms with van der Waals surface area (Å²) in [6, 6.07) is 0.786. The zero-order valence-electron chi connectivity index (χ0n) is 7.20. The third-order valence-electron chi connectivity index (χ3n) is 1.90. The predicted molar refractivity (Wildman–Crippen MR) is 44.2 cm³/mol. The van der Waals surface area contributed by atoms with E-state index in [1.807, 2.05) is 0 Å². The van der Waals surface area contributed by atoms with Gasteiger partial charge < -0.3 is 10.6 Å². The van der Waals surface area contributed by atoms with Crippen LogP contribution in [0.4, 0.5) is 0 Å². The Hall–Kier alpha value is -0.0800. The molecule has 2 heteroatoms. The van der Waals surface area contributed by atoms with Gasteiger partial charge in [0.1, 0.15) is 0 Å². The number of nitrogens with one attached hydrogen (secondary N) is 2. The minimum Gasteiger partial charge on any atom is -0.312 e. The summed E-state index contributed by atoms with van der Waals surface area (Å²) >= 11 is 0. The first-order valence-electron chi connectivity index (χ1n) is 4.12. The Morgan fingerprint density at radius 3 is 2.60 bits per heavy atom. The molecule has 1 aliphatic heterocycles. The molecule has 0 aromatic heterocycles. The molecule has 0 amide bonds. The van der Waals surface area contributed by atoms with Crippen molar-refractivity contribution in [1.82, 2.24) is 10.6 Å². The molecule has 0 aromatic rings. The van der Waals surface area contributed by atoms with Crippen molar-refractivity contribution in [3.05, 3.63) is 0 Å². The van der Waals surface area contributed by atoms with Crippen LogP contribution in [0.2, 0.25) is 0 Å². The SMILES string of the molecule is CCNC(C)(C)CC1CN1. The van der Waals surface area contributed by atoms with Crippen molar-refractivity contribution in [3.63, 3.8) is 0 Å². The summed E-state index contributed by atoms with van der Waals surface area (Å²) in [5.74, 6) is 0. The third-order valence-corrected chi connectivity index (χ3v) is 1.90. The lowest BCUT2D eigenvalue weighted by Crippen LogP contribution is -2.40. The zero-order valence-corrected chi connectivity index (χ0v) is 7.20. The van der Waals surface area contributed by atoms with Gasteiger partial charge in [-0.25, -0.2) is 0 Å². The summed E-state index contributed by atoms with van der Waals surface area (Å²) in [5, 5.41) is 6.76. The quantitative estimate of drug-likeness (QED) is 0.568. The van der Waals surface area contributed by atoms with Crippen molar-refractivity contribution >= 4 is 0 Å². The van der Waals surface area contributed by atoms with Gasteiger partial charge in [0.25, 0.3) is 0 Å². The first-order chi connectivity index (χ1) is 4.64. The minimum atomic E-state index is 0.322. The molecule has 1 fully saturated rings. The van der Waals surface area contributed by atoms with E-state index in [0.29, 0.717) is 5.54 Å². The van der Waals surface area contributed by atoms with Crippen LogP contribution < -0.4 is 10.6 Å². The first kappa shape index (κ1) is 8.02. The summed E-state index contributed by atoms with van der Waals surface area (Å²) in [6.45, 7) is 8.96. The van der Waals surface area contributed by atoms with Crippen LogP contribution in [0.1, 0.15) is 27.2 Å². The largest absolute Gasteiger partial charge is 0.312 e. The zero-order chi connectivity index (χ0) is 7.61. The molecule has 2 nitrogen and oxygen atoms in total. The molecule has 1 heterocycles. The molecule has 1 rings (SSSR count). The average Bonchev–Trinajstić information content (AvgIpc) is 2.48. The van der Waals surface area contributed by atoms with Gasteiger partial charge in [0.15, 0.2) is 0 Å². The van der Waals surface area contributed by atoms with Crippen LogP contribution in [0.5, 0.6) is 0 Å². The van der Waals surface area contributed by atoms with Crippen LogP contribution in [0, 0.1) is 0 Å². The van der Waals surface area contributed by atoms with Crippen LogP contribution in [0.25, 0.3) is 0 Å². The van der Waals surface area contributed by atoms with Gasteiger partial charge in [-0.1, -0.05) is 6.92 Å². The Kier molecular flexibility index (Phi) is 2.32. The highest BCUT2D eigenvalue weighted by Crippen LogP contribution is 2.15. The van der Waals surface area contributed by atoms with E-state index in [4.69, 9.17) is 0 Å². The Morgan fingerprint density at radius 1 is 1.60 bits per heavy atom. The van der Waals surface area contributed by atoms with E-state index in [2.05, 4.69) is 31.4 Å². The van der Waals surface area contributed by atoms with Gasteiger partial charge in [0, 0.05) is 18.1 Å². The normalized spacial score (nSPS) is 24.9. The van der Waals surface area contributed by atoms with E-state index >= 15 is 0 Å². The summed E-state index contributed by atoms with van der Waals surface area (Å²) in [6.07, 6.45) is 1.25. The minimum absolute atomic E-state index is 0.322. The first-order valence-corrected chi connectivity index (χ1v) is 4.12. The predicted octanol–water partition coefficient (Wildman–Crippen LogP) is 0.736. The van der Waals surface area contributed by atoms with Gasteiger partial charge in [-0.05, 0) is 26.8 Å². The molecule has 0 bridgehead atoms. The van der Waals surface area contributed by atoms with Crippen LogP contribution in [0.15, 0.2) is 0 Å². The standard InChI is InChI=1S/C8H18N2/c1-4-10-8(2,3)5-7-6-9-7/h7,9-10H,4-6H2,1-3H3. The highest BCUT2D eigenvalue weighted by molar-refractivity contribution is 4.92. The molecule has 0 radical (unpaired) electrons. The molecule has 1 atom stereocenters. The average molecular weight is 142 g/mol. The molecule has 1 unspecified atom stereocenters. The topological polar surface area (TPSA) is 34.0 Å². The van der Waals surface area contributed by atoms with E-state index in [-0.39, 0.29) is 0 Å². The summed E-state index contributed by atoms with van der Waals surface area (Å²) in [7, 11) is 0. The van der Waals surface area contributed by atoms with E-state index in [1.54, 1.807) is 0 Å². The van der Waals surface area contributed by atoms with E-state index in [1.165, 1.54) is 13.0 Å². The third kappa shape index (κ3) is 2.67. The molecule has 60 valence electrons. The Balaban J connectivity index is 2.19. The smallest absolute Gasteiger partial charge is 0.0210 e. The van der Waals surface area contributed by atoms with E-state index < -0.39 is 0 Å². The van der Waals surface area contributed by atoms with Crippen LogP contribution in [-0.2, 0) is 0 Å². The molecule has 0 aromatic carbocycles. The van der Waals surface area contributed by atoms with Crippen molar-refractivity contribution in [1.29, 1.82) is 0 Å². The molecule has 0 spiro atoms. The highest BCUT2D eigenvalue weighted by atomic mass is 15.1. The molecule has 1 saturated heterocycles. The van der Waals surface area contributed by atoms with Crippen LogP contribution in [-0.4, -0.2) is 24.7 Å². The fraction of sp³-hybridized carbons (Fsp3) is 1.00. The molecular formula is C8H18N2. The second kappa shape index (κ2) is 2.89. The Labute approximate surface area is 63.4 Å². The number of hydrogen-bond donors (Lipinski definition) is 2. The summed E-state index contributed by atoms with van der Waals surface area (Å²) < 4.78 is 0. The van der Waals surface area contributed by atoms with E-state index in [0.717, 1.165) is 12.6 Å². The van der Waals surface area contributed by atoms with Gasteiger partial charge in [-0.3, -0.25) is 0 Å². The second-order valence-corrected chi connectivity index (χ2v) is 3.72. The van der Waals surface area contributed by atoms with Gasteiger partial charge >= 0.3 is 0 Å². The summed E-state index contributed by atoms with van der Waals surface area (Å²) in [4.78, 5) is 0. The monoisotopic (exact) mass is 142 g/mol. The lowest BCUT2D eigenvalue weighted by Gasteiger charge is -2.24. The lowest BCUT2D eigenvalue weighted by molar-refractivity contribution is 0.370. The van der Waals surface area contributed by atoms with Crippen molar-refractivity contribution in [3.8, 4) is 0 Å².